The molecule has 17 heavy (non-hydrogen) atoms. The molecule has 1 amide bonds. The summed E-state index contributed by atoms with van der Waals surface area (Å²) in [7, 11) is 0. The third kappa shape index (κ3) is 2.97. The van der Waals surface area contributed by atoms with Crippen molar-refractivity contribution in [3.05, 3.63) is 29.8 Å². The van der Waals surface area contributed by atoms with Crippen LogP contribution in [-0.4, -0.2) is 23.2 Å². The molecule has 1 saturated carbocycles. The van der Waals surface area contributed by atoms with Crippen LogP contribution < -0.4 is 11.1 Å². The van der Waals surface area contributed by atoms with Crippen molar-refractivity contribution in [2.45, 2.75) is 31.3 Å². The third-order valence-electron chi connectivity index (χ3n) is 3.30. The molecule has 1 aliphatic carbocycles. The predicted molar refractivity (Wildman–Crippen MR) is 66.9 cm³/mol. The van der Waals surface area contributed by atoms with Gasteiger partial charge in [-0.05, 0) is 31.0 Å². The normalized spacial score (nSPS) is 17.9. The number of benzene rings is 1. The van der Waals surface area contributed by atoms with E-state index in [9.17, 15) is 9.90 Å². The molecule has 4 N–H and O–H groups in total. The molecule has 0 atom stereocenters. The molecule has 4 heteroatoms. The Labute approximate surface area is 101 Å². The van der Waals surface area contributed by atoms with Crippen LogP contribution >= 0.6 is 0 Å². The van der Waals surface area contributed by atoms with Crippen molar-refractivity contribution in [2.24, 2.45) is 5.73 Å². The van der Waals surface area contributed by atoms with E-state index in [1.807, 2.05) is 6.07 Å². The van der Waals surface area contributed by atoms with Gasteiger partial charge in [0, 0.05) is 17.8 Å². The highest BCUT2D eigenvalue weighted by atomic mass is 16.3. The molecular formula is C13H18N2O2. The fourth-order valence-electron chi connectivity index (χ4n) is 2.26. The van der Waals surface area contributed by atoms with E-state index in [2.05, 4.69) is 5.32 Å². The minimum absolute atomic E-state index is 0.437. The van der Waals surface area contributed by atoms with Crippen LogP contribution in [0.25, 0.3) is 0 Å². The van der Waals surface area contributed by atoms with Gasteiger partial charge in [-0.3, -0.25) is 4.79 Å². The van der Waals surface area contributed by atoms with Crippen LogP contribution in [0.5, 0.6) is 0 Å². The second kappa shape index (κ2) is 4.75. The first-order valence-electron chi connectivity index (χ1n) is 5.95. The summed E-state index contributed by atoms with van der Waals surface area (Å²) < 4.78 is 0. The van der Waals surface area contributed by atoms with Crippen LogP contribution in [0, 0.1) is 0 Å². The summed E-state index contributed by atoms with van der Waals surface area (Å²) in [5.74, 6) is -0.437. The van der Waals surface area contributed by atoms with Crippen molar-refractivity contribution in [1.82, 2.24) is 0 Å². The summed E-state index contributed by atoms with van der Waals surface area (Å²) in [6, 6.07) is 7.03. The Morgan fingerprint density at radius 2 is 2.12 bits per heavy atom. The second-order valence-corrected chi connectivity index (χ2v) is 4.73. The number of carbonyl (C=O) groups is 1. The first-order chi connectivity index (χ1) is 8.09. The number of primary amides is 1. The lowest BCUT2D eigenvalue weighted by Gasteiger charge is -2.23. The highest BCUT2D eigenvalue weighted by molar-refractivity contribution is 5.93. The highest BCUT2D eigenvalue weighted by Gasteiger charge is 2.30. The van der Waals surface area contributed by atoms with E-state index in [0.29, 0.717) is 12.1 Å². The lowest BCUT2D eigenvalue weighted by Crippen LogP contribution is -2.33. The number of hydrogen-bond acceptors (Lipinski definition) is 3. The quantitative estimate of drug-likeness (QED) is 0.739. The van der Waals surface area contributed by atoms with E-state index >= 15 is 0 Å². The van der Waals surface area contributed by atoms with Gasteiger partial charge >= 0.3 is 0 Å². The zero-order chi connectivity index (χ0) is 12.3. The summed E-state index contributed by atoms with van der Waals surface area (Å²) in [4.78, 5) is 11.0. The highest BCUT2D eigenvalue weighted by Crippen LogP contribution is 2.29. The molecular weight excluding hydrogens is 216 g/mol. The maximum atomic E-state index is 11.0. The molecule has 1 aromatic rings. The molecule has 0 spiro atoms. The van der Waals surface area contributed by atoms with Crippen molar-refractivity contribution in [3.63, 3.8) is 0 Å². The van der Waals surface area contributed by atoms with E-state index in [1.165, 1.54) is 0 Å². The Morgan fingerprint density at radius 3 is 2.76 bits per heavy atom. The Kier molecular flexibility index (Phi) is 3.33. The van der Waals surface area contributed by atoms with E-state index < -0.39 is 11.5 Å². The number of nitrogens with two attached hydrogens (primary N) is 1. The molecule has 0 heterocycles. The fraction of sp³-hybridized carbons (Fsp3) is 0.462. The summed E-state index contributed by atoms with van der Waals surface area (Å²) in [5.41, 5.74) is 5.92. The number of hydrogen-bond donors (Lipinski definition) is 3. The predicted octanol–water partition coefficient (Wildman–Crippen LogP) is 1.50. The van der Waals surface area contributed by atoms with Gasteiger partial charge in [0.15, 0.2) is 0 Å². The Hall–Kier alpha value is -1.55. The van der Waals surface area contributed by atoms with Gasteiger partial charge in [-0.15, -0.1) is 0 Å². The minimum Gasteiger partial charge on any atom is -0.388 e. The van der Waals surface area contributed by atoms with Crippen LogP contribution in [0.3, 0.4) is 0 Å². The molecule has 0 aliphatic heterocycles. The molecule has 0 radical (unpaired) electrons. The van der Waals surface area contributed by atoms with Crippen molar-refractivity contribution < 1.29 is 9.90 Å². The maximum absolute atomic E-state index is 11.0. The molecule has 2 rings (SSSR count). The van der Waals surface area contributed by atoms with Crippen LogP contribution in [-0.2, 0) is 0 Å². The first kappa shape index (κ1) is 11.9. The first-order valence-corrected chi connectivity index (χ1v) is 5.95. The lowest BCUT2D eigenvalue weighted by atomic mass is 10.0. The summed E-state index contributed by atoms with van der Waals surface area (Å²) >= 11 is 0. The number of anilines is 1. The van der Waals surface area contributed by atoms with Gasteiger partial charge in [0.05, 0.1) is 5.60 Å². The Bertz CT molecular complexity index is 412. The SMILES string of the molecule is NC(=O)c1cccc(NCC2(O)CCCC2)c1. The van der Waals surface area contributed by atoms with Crippen molar-refractivity contribution in [3.8, 4) is 0 Å². The van der Waals surface area contributed by atoms with Crippen LogP contribution in [0.1, 0.15) is 36.0 Å². The zero-order valence-electron chi connectivity index (χ0n) is 9.78. The number of carbonyl (C=O) groups excluding carboxylic acids is 1. The second-order valence-electron chi connectivity index (χ2n) is 4.73. The average Bonchev–Trinajstić information content (AvgIpc) is 2.75. The van der Waals surface area contributed by atoms with E-state index in [0.717, 1.165) is 31.4 Å². The fourth-order valence-corrected chi connectivity index (χ4v) is 2.26. The topological polar surface area (TPSA) is 75.4 Å². The van der Waals surface area contributed by atoms with Gasteiger partial charge in [-0.1, -0.05) is 18.9 Å². The lowest BCUT2D eigenvalue weighted by molar-refractivity contribution is 0.0615. The zero-order valence-corrected chi connectivity index (χ0v) is 9.78. The number of rotatable bonds is 4. The molecule has 1 fully saturated rings. The van der Waals surface area contributed by atoms with Gasteiger partial charge in [0.2, 0.25) is 5.91 Å². The van der Waals surface area contributed by atoms with Gasteiger partial charge < -0.3 is 16.2 Å². The molecule has 0 unspecified atom stereocenters. The number of aliphatic hydroxyl groups is 1. The van der Waals surface area contributed by atoms with E-state index in [4.69, 9.17) is 5.73 Å². The third-order valence-corrected chi connectivity index (χ3v) is 3.30. The summed E-state index contributed by atoms with van der Waals surface area (Å²) in [6.45, 7) is 0.523. The molecule has 0 saturated heterocycles. The van der Waals surface area contributed by atoms with E-state index in [1.54, 1.807) is 18.2 Å². The molecule has 0 bridgehead atoms. The van der Waals surface area contributed by atoms with Crippen molar-refractivity contribution in [2.75, 3.05) is 11.9 Å². The molecule has 92 valence electrons. The summed E-state index contributed by atoms with van der Waals surface area (Å²) in [5, 5.41) is 13.3. The largest absolute Gasteiger partial charge is 0.388 e. The van der Waals surface area contributed by atoms with Gasteiger partial charge in [-0.2, -0.15) is 0 Å². The van der Waals surface area contributed by atoms with Crippen molar-refractivity contribution >= 4 is 11.6 Å². The molecule has 1 aliphatic rings. The van der Waals surface area contributed by atoms with Crippen LogP contribution in [0.4, 0.5) is 5.69 Å². The molecule has 1 aromatic carbocycles. The van der Waals surface area contributed by atoms with Gasteiger partial charge in [-0.25, -0.2) is 0 Å². The van der Waals surface area contributed by atoms with E-state index in [-0.39, 0.29) is 0 Å². The summed E-state index contributed by atoms with van der Waals surface area (Å²) in [6.07, 6.45) is 3.85. The van der Waals surface area contributed by atoms with Crippen molar-refractivity contribution in [1.29, 1.82) is 0 Å². The Morgan fingerprint density at radius 1 is 1.41 bits per heavy atom. The standard InChI is InChI=1S/C13H18N2O2/c14-12(16)10-4-3-5-11(8-10)15-9-13(17)6-1-2-7-13/h3-5,8,15,17H,1-2,6-7,9H2,(H2,14,16). The minimum atomic E-state index is -0.595. The average molecular weight is 234 g/mol. The Balaban J connectivity index is 1.99. The van der Waals surface area contributed by atoms with Crippen LogP contribution in [0.2, 0.25) is 0 Å². The maximum Gasteiger partial charge on any atom is 0.248 e. The molecule has 4 nitrogen and oxygen atoms in total. The van der Waals surface area contributed by atoms with Gasteiger partial charge in [0.1, 0.15) is 0 Å². The van der Waals surface area contributed by atoms with Crippen LogP contribution in [0.15, 0.2) is 24.3 Å². The monoisotopic (exact) mass is 234 g/mol. The number of amides is 1. The number of nitrogens with one attached hydrogen (secondary N) is 1. The molecule has 0 aromatic heterocycles. The van der Waals surface area contributed by atoms with Gasteiger partial charge in [0.25, 0.3) is 0 Å². The smallest absolute Gasteiger partial charge is 0.248 e.